The number of rotatable bonds is 9. The van der Waals surface area contributed by atoms with Crippen molar-refractivity contribution in [3.05, 3.63) is 83.4 Å². The Morgan fingerprint density at radius 2 is 1.49 bits per heavy atom. The standard InChI is InChI=1S/C27H28N2O5S/c1-18-5-10-21(11-6-18)25-29-27(35(30,31)22-12-7-19(2)8-13-22)26(34-25)28-16-15-20-9-14-23(32-3)24(17-20)33-4/h5-14,17,28H,15-16H2,1-4H3. The fourth-order valence-corrected chi connectivity index (χ4v) is 4.88. The molecule has 1 aromatic heterocycles. The molecule has 0 radical (unpaired) electrons. The molecule has 4 rings (SSSR count). The van der Waals surface area contributed by atoms with Crippen LogP contribution in [0.4, 0.5) is 5.88 Å². The SMILES string of the molecule is COc1ccc(CCNc2oc(-c3ccc(C)cc3)nc2S(=O)(=O)c2ccc(C)cc2)cc1OC. The number of benzene rings is 3. The van der Waals surface area contributed by atoms with Crippen LogP contribution in [-0.2, 0) is 16.3 Å². The van der Waals surface area contributed by atoms with E-state index in [1.165, 1.54) is 0 Å². The summed E-state index contributed by atoms with van der Waals surface area (Å²) in [4.78, 5) is 4.56. The summed E-state index contributed by atoms with van der Waals surface area (Å²) in [5.41, 5.74) is 3.75. The number of aryl methyl sites for hydroxylation is 2. The van der Waals surface area contributed by atoms with Crippen molar-refractivity contribution >= 4 is 15.7 Å². The minimum absolute atomic E-state index is 0.113. The Balaban J connectivity index is 1.64. The molecule has 35 heavy (non-hydrogen) atoms. The molecule has 7 nitrogen and oxygen atoms in total. The van der Waals surface area contributed by atoms with Crippen molar-refractivity contribution < 1.29 is 22.3 Å². The van der Waals surface area contributed by atoms with Gasteiger partial charge in [0.15, 0.2) is 11.5 Å². The van der Waals surface area contributed by atoms with Gasteiger partial charge in [0, 0.05) is 12.1 Å². The lowest BCUT2D eigenvalue weighted by molar-refractivity contribution is 0.354. The number of aromatic nitrogens is 1. The lowest BCUT2D eigenvalue weighted by Gasteiger charge is -2.10. The van der Waals surface area contributed by atoms with E-state index in [1.807, 2.05) is 56.3 Å². The summed E-state index contributed by atoms with van der Waals surface area (Å²) in [5, 5.41) is 3.00. The lowest BCUT2D eigenvalue weighted by Crippen LogP contribution is -2.10. The van der Waals surface area contributed by atoms with Crippen LogP contribution in [0.1, 0.15) is 16.7 Å². The van der Waals surface area contributed by atoms with Crippen LogP contribution in [0.15, 0.2) is 81.1 Å². The van der Waals surface area contributed by atoms with Gasteiger partial charge in [0.05, 0.1) is 19.1 Å². The zero-order valence-electron chi connectivity index (χ0n) is 20.2. The molecule has 0 amide bonds. The maximum Gasteiger partial charge on any atom is 0.233 e. The number of methoxy groups -OCH3 is 2. The maximum atomic E-state index is 13.5. The average molecular weight is 493 g/mol. The van der Waals surface area contributed by atoms with Crippen LogP contribution in [0.3, 0.4) is 0 Å². The Kier molecular flexibility index (Phi) is 7.12. The van der Waals surface area contributed by atoms with Crippen LogP contribution in [-0.4, -0.2) is 34.2 Å². The number of anilines is 1. The van der Waals surface area contributed by atoms with Gasteiger partial charge in [0.2, 0.25) is 26.6 Å². The monoisotopic (exact) mass is 492 g/mol. The van der Waals surface area contributed by atoms with Crippen molar-refractivity contribution in [2.45, 2.75) is 30.2 Å². The third-order valence-corrected chi connectivity index (χ3v) is 7.31. The number of hydrogen-bond acceptors (Lipinski definition) is 7. The van der Waals surface area contributed by atoms with Gasteiger partial charge < -0.3 is 19.2 Å². The highest BCUT2D eigenvalue weighted by Crippen LogP contribution is 2.33. The van der Waals surface area contributed by atoms with E-state index in [9.17, 15) is 8.42 Å². The molecule has 0 saturated heterocycles. The van der Waals surface area contributed by atoms with Crippen LogP contribution in [0.25, 0.3) is 11.5 Å². The van der Waals surface area contributed by atoms with Crippen molar-refractivity contribution in [2.75, 3.05) is 26.1 Å². The van der Waals surface area contributed by atoms with Crippen molar-refractivity contribution in [3.8, 4) is 23.0 Å². The Bertz CT molecular complexity index is 1410. The minimum atomic E-state index is -3.90. The van der Waals surface area contributed by atoms with E-state index in [2.05, 4.69) is 10.3 Å². The van der Waals surface area contributed by atoms with E-state index in [0.29, 0.717) is 30.0 Å². The second kappa shape index (κ2) is 10.2. The van der Waals surface area contributed by atoms with Gasteiger partial charge in [0.25, 0.3) is 0 Å². The third-order valence-electron chi connectivity index (χ3n) is 5.63. The Morgan fingerprint density at radius 1 is 0.857 bits per heavy atom. The summed E-state index contributed by atoms with van der Waals surface area (Å²) >= 11 is 0. The van der Waals surface area contributed by atoms with E-state index in [1.54, 1.807) is 38.5 Å². The van der Waals surface area contributed by atoms with Gasteiger partial charge in [0.1, 0.15) is 0 Å². The van der Waals surface area contributed by atoms with E-state index in [0.717, 1.165) is 16.7 Å². The fraction of sp³-hybridized carbons (Fsp3) is 0.222. The number of sulfone groups is 1. The molecule has 0 fully saturated rings. The highest BCUT2D eigenvalue weighted by atomic mass is 32.2. The van der Waals surface area contributed by atoms with E-state index >= 15 is 0 Å². The summed E-state index contributed by atoms with van der Waals surface area (Å²) in [6, 6.07) is 19.9. The number of nitrogens with one attached hydrogen (secondary N) is 1. The number of nitrogens with zero attached hydrogens (tertiary/aromatic N) is 1. The molecule has 0 aliphatic carbocycles. The normalized spacial score (nSPS) is 11.3. The molecule has 4 aromatic rings. The Morgan fingerprint density at radius 3 is 2.11 bits per heavy atom. The zero-order valence-corrected chi connectivity index (χ0v) is 21.0. The second-order valence-electron chi connectivity index (χ2n) is 8.20. The minimum Gasteiger partial charge on any atom is -0.493 e. The first kappa shape index (κ1) is 24.3. The van der Waals surface area contributed by atoms with Crippen molar-refractivity contribution in [2.24, 2.45) is 0 Å². The molecule has 0 spiro atoms. The Labute approximate surface area is 205 Å². The summed E-state index contributed by atoms with van der Waals surface area (Å²) < 4.78 is 43.5. The van der Waals surface area contributed by atoms with Gasteiger partial charge in [-0.1, -0.05) is 41.5 Å². The maximum absolute atomic E-state index is 13.5. The fourth-order valence-electron chi connectivity index (χ4n) is 3.61. The smallest absolute Gasteiger partial charge is 0.233 e. The van der Waals surface area contributed by atoms with Crippen LogP contribution < -0.4 is 14.8 Å². The Hall–Kier alpha value is -3.78. The van der Waals surface area contributed by atoms with Gasteiger partial charge in [-0.05, 0) is 62.2 Å². The molecule has 0 saturated carbocycles. The molecule has 0 atom stereocenters. The molecule has 182 valence electrons. The largest absolute Gasteiger partial charge is 0.493 e. The van der Waals surface area contributed by atoms with Crippen LogP contribution in [0.5, 0.6) is 11.5 Å². The summed E-state index contributed by atoms with van der Waals surface area (Å²) in [7, 11) is -0.726. The highest BCUT2D eigenvalue weighted by Gasteiger charge is 2.28. The lowest BCUT2D eigenvalue weighted by atomic mass is 10.1. The molecule has 0 unspecified atom stereocenters. The molecule has 8 heteroatoms. The van der Waals surface area contributed by atoms with E-state index in [-0.39, 0.29) is 21.7 Å². The summed E-state index contributed by atoms with van der Waals surface area (Å²) in [6.07, 6.45) is 0.602. The third kappa shape index (κ3) is 5.33. The molecule has 0 aliphatic rings. The predicted octanol–water partition coefficient (Wildman–Crippen LogP) is 5.46. The number of ether oxygens (including phenoxy) is 2. The van der Waals surface area contributed by atoms with E-state index < -0.39 is 9.84 Å². The van der Waals surface area contributed by atoms with Gasteiger partial charge >= 0.3 is 0 Å². The summed E-state index contributed by atoms with van der Waals surface area (Å²) in [6.45, 7) is 4.31. The average Bonchev–Trinajstić information content (AvgIpc) is 3.29. The summed E-state index contributed by atoms with van der Waals surface area (Å²) in [5.74, 6) is 1.63. The van der Waals surface area contributed by atoms with Crippen molar-refractivity contribution in [1.29, 1.82) is 0 Å². The van der Waals surface area contributed by atoms with Crippen molar-refractivity contribution in [1.82, 2.24) is 4.98 Å². The molecular formula is C27H28N2O5S. The molecule has 3 aromatic carbocycles. The van der Waals surface area contributed by atoms with E-state index in [4.69, 9.17) is 13.9 Å². The first-order valence-corrected chi connectivity index (χ1v) is 12.6. The molecule has 1 N–H and O–H groups in total. The van der Waals surface area contributed by atoms with Crippen LogP contribution in [0.2, 0.25) is 0 Å². The second-order valence-corrected chi connectivity index (χ2v) is 10.1. The topological polar surface area (TPSA) is 90.7 Å². The van der Waals surface area contributed by atoms with Gasteiger partial charge in [-0.15, -0.1) is 0 Å². The first-order chi connectivity index (χ1) is 16.8. The number of hydrogen-bond donors (Lipinski definition) is 1. The van der Waals surface area contributed by atoms with Gasteiger partial charge in [-0.25, -0.2) is 8.42 Å². The quantitative estimate of drug-likeness (QED) is 0.332. The van der Waals surface area contributed by atoms with Gasteiger partial charge in [-0.2, -0.15) is 4.98 Å². The van der Waals surface area contributed by atoms with Crippen LogP contribution >= 0.6 is 0 Å². The number of oxazole rings is 1. The van der Waals surface area contributed by atoms with Crippen molar-refractivity contribution in [3.63, 3.8) is 0 Å². The molecule has 0 aliphatic heterocycles. The first-order valence-electron chi connectivity index (χ1n) is 11.2. The van der Waals surface area contributed by atoms with Gasteiger partial charge in [-0.3, -0.25) is 0 Å². The predicted molar refractivity (Wildman–Crippen MR) is 135 cm³/mol. The highest BCUT2D eigenvalue weighted by molar-refractivity contribution is 7.91. The van der Waals surface area contributed by atoms with Crippen LogP contribution in [0, 0.1) is 13.8 Å². The zero-order chi connectivity index (χ0) is 25.0. The molecule has 1 heterocycles. The molecule has 0 bridgehead atoms. The molecular weight excluding hydrogens is 464 g/mol.